The minimum Gasteiger partial charge on any atom is -0.0888 e. The van der Waals surface area contributed by atoms with Crippen molar-refractivity contribution in [2.75, 3.05) is 0 Å². The van der Waals surface area contributed by atoms with Crippen molar-refractivity contribution in [1.82, 2.24) is 0 Å². The predicted octanol–water partition coefficient (Wildman–Crippen LogP) is 7.43. The summed E-state index contributed by atoms with van der Waals surface area (Å²) in [6, 6.07) is 0. The van der Waals surface area contributed by atoms with E-state index in [2.05, 4.69) is 26.0 Å². The molecule has 0 aromatic rings. The minimum atomic E-state index is 1.19. The zero-order chi connectivity index (χ0) is 14.0. The molecule has 0 aliphatic heterocycles. The highest BCUT2D eigenvalue weighted by atomic mass is 14.0. The van der Waals surface area contributed by atoms with E-state index in [0.717, 1.165) is 0 Å². The Morgan fingerprint density at radius 1 is 0.474 bits per heavy atom. The van der Waals surface area contributed by atoms with Crippen LogP contribution in [0.2, 0.25) is 0 Å². The molecule has 0 unspecified atom stereocenters. The summed E-state index contributed by atoms with van der Waals surface area (Å²) in [4.78, 5) is 0. The van der Waals surface area contributed by atoms with Crippen molar-refractivity contribution in [3.8, 4) is 0 Å². The molecule has 0 aromatic carbocycles. The Morgan fingerprint density at radius 3 is 1.32 bits per heavy atom. The summed E-state index contributed by atoms with van der Waals surface area (Å²) in [5, 5.41) is 0. The van der Waals surface area contributed by atoms with Crippen LogP contribution in [0.1, 0.15) is 110 Å². The first-order chi connectivity index (χ1) is 9.41. The van der Waals surface area contributed by atoms with E-state index in [9.17, 15) is 0 Å². The second kappa shape index (κ2) is 17.7. The molecule has 0 aliphatic rings. The molecule has 0 aliphatic carbocycles. The Kier molecular flexibility index (Phi) is 17.5. The van der Waals surface area contributed by atoms with Gasteiger partial charge in [0, 0.05) is 0 Å². The maximum Gasteiger partial charge on any atom is -0.0351 e. The lowest BCUT2D eigenvalue weighted by Gasteiger charge is -2.02. The van der Waals surface area contributed by atoms with Gasteiger partial charge in [-0.05, 0) is 19.3 Å². The van der Waals surface area contributed by atoms with E-state index in [1.165, 1.54) is 96.3 Å². The zero-order valence-electron chi connectivity index (χ0n) is 13.8. The van der Waals surface area contributed by atoms with Gasteiger partial charge < -0.3 is 0 Å². The van der Waals surface area contributed by atoms with Gasteiger partial charge in [0.15, 0.2) is 0 Å². The molecule has 0 N–H and O–H groups in total. The van der Waals surface area contributed by atoms with Gasteiger partial charge in [-0.2, -0.15) is 0 Å². The summed E-state index contributed by atoms with van der Waals surface area (Å²) in [5.74, 6) is 0. The Labute approximate surface area is 123 Å². The number of rotatable bonds is 15. The number of allylic oxidation sites excluding steroid dienone is 2. The molecule has 114 valence electrons. The summed E-state index contributed by atoms with van der Waals surface area (Å²) in [6.45, 7) is 4.50. The number of hydrogen-bond acceptors (Lipinski definition) is 0. The van der Waals surface area contributed by atoms with Crippen LogP contribution in [0.25, 0.3) is 0 Å². The van der Waals surface area contributed by atoms with E-state index in [4.69, 9.17) is 0 Å². The number of hydrogen-bond donors (Lipinski definition) is 0. The van der Waals surface area contributed by atoms with Crippen LogP contribution in [0.3, 0.4) is 0 Å². The largest absolute Gasteiger partial charge is 0.0888 e. The molecule has 19 heavy (non-hydrogen) atoms. The molecular formula is C19H38. The summed E-state index contributed by atoms with van der Waals surface area (Å²) in [5.41, 5.74) is 0. The van der Waals surface area contributed by atoms with E-state index in [-0.39, 0.29) is 0 Å². The maximum atomic E-state index is 2.35. The van der Waals surface area contributed by atoms with Gasteiger partial charge in [-0.3, -0.25) is 0 Å². The first-order valence-electron chi connectivity index (χ1n) is 9.06. The first-order valence-corrected chi connectivity index (χ1v) is 9.06. The minimum absolute atomic E-state index is 1.19. The van der Waals surface area contributed by atoms with Gasteiger partial charge in [0.25, 0.3) is 0 Å². The van der Waals surface area contributed by atoms with Crippen molar-refractivity contribution in [1.29, 1.82) is 0 Å². The molecule has 0 fully saturated rings. The molecule has 0 heterocycles. The number of unbranched alkanes of at least 4 members (excludes halogenated alkanes) is 13. The maximum absolute atomic E-state index is 2.35. The highest BCUT2D eigenvalue weighted by Crippen LogP contribution is 2.12. The Balaban J connectivity index is 2.93. The molecule has 0 radical (unpaired) electrons. The Morgan fingerprint density at radius 2 is 0.895 bits per heavy atom. The smallest absolute Gasteiger partial charge is 0.0351 e. The predicted molar refractivity (Wildman–Crippen MR) is 89.7 cm³/mol. The molecule has 0 saturated heterocycles. The van der Waals surface area contributed by atoms with Crippen molar-refractivity contribution in [3.05, 3.63) is 12.2 Å². The molecule has 0 saturated carbocycles. The molecule has 0 amide bonds. The summed E-state index contributed by atoms with van der Waals surface area (Å²) >= 11 is 0. The fraction of sp³-hybridized carbons (Fsp3) is 0.895. The van der Waals surface area contributed by atoms with E-state index < -0.39 is 0 Å². The third kappa shape index (κ3) is 17.7. The average molecular weight is 267 g/mol. The normalized spacial score (nSPS) is 11.5. The van der Waals surface area contributed by atoms with Crippen LogP contribution in [0.5, 0.6) is 0 Å². The third-order valence-corrected chi connectivity index (χ3v) is 3.88. The van der Waals surface area contributed by atoms with Gasteiger partial charge in [0.2, 0.25) is 0 Å². The molecule has 0 heteroatoms. The van der Waals surface area contributed by atoms with Crippen molar-refractivity contribution < 1.29 is 0 Å². The van der Waals surface area contributed by atoms with E-state index in [1.54, 1.807) is 0 Å². The van der Waals surface area contributed by atoms with Crippen molar-refractivity contribution >= 4 is 0 Å². The summed E-state index contributed by atoms with van der Waals surface area (Å²) in [7, 11) is 0. The lowest BCUT2D eigenvalue weighted by atomic mass is 10.0. The van der Waals surface area contributed by atoms with Gasteiger partial charge in [-0.25, -0.2) is 0 Å². The van der Waals surface area contributed by atoms with Crippen LogP contribution in [0, 0.1) is 0 Å². The molecule has 0 atom stereocenters. The molecule has 0 bridgehead atoms. The fourth-order valence-electron chi connectivity index (χ4n) is 2.56. The quantitative estimate of drug-likeness (QED) is 0.213. The summed E-state index contributed by atoms with van der Waals surface area (Å²) < 4.78 is 0. The fourth-order valence-corrected chi connectivity index (χ4v) is 2.56. The SMILES string of the molecule is CC/C=C/CCCCCCCCCCCCCCC. The second-order valence-electron chi connectivity index (χ2n) is 5.91. The summed E-state index contributed by atoms with van der Waals surface area (Å²) in [6.07, 6.45) is 26.0. The lowest BCUT2D eigenvalue weighted by Crippen LogP contribution is -1.82. The van der Waals surface area contributed by atoms with Crippen molar-refractivity contribution in [2.24, 2.45) is 0 Å². The van der Waals surface area contributed by atoms with Crippen LogP contribution in [0.15, 0.2) is 12.2 Å². The van der Waals surface area contributed by atoms with Gasteiger partial charge >= 0.3 is 0 Å². The van der Waals surface area contributed by atoms with Gasteiger partial charge in [0.05, 0.1) is 0 Å². The third-order valence-electron chi connectivity index (χ3n) is 3.88. The van der Waals surface area contributed by atoms with E-state index >= 15 is 0 Å². The Bertz CT molecular complexity index is 169. The van der Waals surface area contributed by atoms with Crippen molar-refractivity contribution in [2.45, 2.75) is 110 Å². The standard InChI is InChI=1S/C19H38/c1-3-5-7-9-11-13-15-17-19-18-16-14-12-10-8-6-4-2/h5,7H,3-4,6,8-19H2,1-2H3/b7-5+. The lowest BCUT2D eigenvalue weighted by molar-refractivity contribution is 0.540. The van der Waals surface area contributed by atoms with Crippen LogP contribution < -0.4 is 0 Å². The highest BCUT2D eigenvalue weighted by molar-refractivity contribution is 4.79. The molecular weight excluding hydrogens is 228 g/mol. The molecule has 0 aromatic heterocycles. The second-order valence-corrected chi connectivity index (χ2v) is 5.91. The zero-order valence-corrected chi connectivity index (χ0v) is 13.8. The van der Waals surface area contributed by atoms with Gasteiger partial charge in [-0.15, -0.1) is 0 Å². The molecule has 0 spiro atoms. The molecule has 0 rings (SSSR count). The topological polar surface area (TPSA) is 0 Å². The van der Waals surface area contributed by atoms with Crippen molar-refractivity contribution in [3.63, 3.8) is 0 Å². The highest BCUT2D eigenvalue weighted by Gasteiger charge is 1.93. The van der Waals surface area contributed by atoms with Gasteiger partial charge in [0.1, 0.15) is 0 Å². The first kappa shape index (κ1) is 18.7. The molecule has 0 nitrogen and oxygen atoms in total. The monoisotopic (exact) mass is 266 g/mol. The van der Waals surface area contributed by atoms with Crippen LogP contribution >= 0.6 is 0 Å². The van der Waals surface area contributed by atoms with E-state index in [1.807, 2.05) is 0 Å². The van der Waals surface area contributed by atoms with Crippen LogP contribution in [-0.4, -0.2) is 0 Å². The van der Waals surface area contributed by atoms with Crippen LogP contribution in [0.4, 0.5) is 0 Å². The average Bonchev–Trinajstić information content (AvgIpc) is 2.43. The Hall–Kier alpha value is -0.260. The van der Waals surface area contributed by atoms with Gasteiger partial charge in [-0.1, -0.05) is 103 Å². The van der Waals surface area contributed by atoms with E-state index in [0.29, 0.717) is 0 Å². The van der Waals surface area contributed by atoms with Crippen LogP contribution in [-0.2, 0) is 0 Å².